The Bertz CT molecular complexity index is 609. The fourth-order valence-corrected chi connectivity index (χ4v) is 2.38. The van der Waals surface area contributed by atoms with Gasteiger partial charge in [0.2, 0.25) is 0 Å². The van der Waals surface area contributed by atoms with Crippen LogP contribution in [0, 0.1) is 0 Å². The Kier molecular flexibility index (Phi) is 3.92. The van der Waals surface area contributed by atoms with Gasteiger partial charge in [0, 0.05) is 31.7 Å². The van der Waals surface area contributed by atoms with Crippen molar-refractivity contribution in [3.63, 3.8) is 0 Å². The van der Waals surface area contributed by atoms with Crippen LogP contribution in [0.3, 0.4) is 0 Å². The molecule has 0 unspecified atom stereocenters. The minimum absolute atomic E-state index is 0.0908. The van der Waals surface area contributed by atoms with Crippen molar-refractivity contribution in [3.05, 3.63) is 48.2 Å². The van der Waals surface area contributed by atoms with Gasteiger partial charge in [-0.25, -0.2) is 0 Å². The molecule has 5 heteroatoms. The molecule has 0 aliphatic carbocycles. The highest BCUT2D eigenvalue weighted by Gasteiger charge is 2.26. The van der Waals surface area contributed by atoms with Crippen LogP contribution in [0.25, 0.3) is 0 Å². The van der Waals surface area contributed by atoms with E-state index in [0.29, 0.717) is 24.0 Å². The average Bonchev–Trinajstić information content (AvgIpc) is 2.97. The number of hydrogen-bond donors (Lipinski definition) is 1. The minimum atomic E-state index is -0.0908. The lowest BCUT2D eigenvalue weighted by atomic mass is 10.2. The van der Waals surface area contributed by atoms with E-state index in [2.05, 4.69) is 5.32 Å². The molecule has 2 aromatic rings. The van der Waals surface area contributed by atoms with Crippen molar-refractivity contribution < 1.29 is 13.9 Å². The van der Waals surface area contributed by atoms with E-state index in [1.54, 1.807) is 12.1 Å². The first-order valence-corrected chi connectivity index (χ1v) is 7.08. The summed E-state index contributed by atoms with van der Waals surface area (Å²) in [4.78, 5) is 14.2. The first kappa shape index (κ1) is 13.7. The van der Waals surface area contributed by atoms with Crippen LogP contribution in [0.15, 0.2) is 46.9 Å². The normalized spacial score (nSPS) is 18.5. The van der Waals surface area contributed by atoms with Crippen LogP contribution in [0.4, 0.5) is 0 Å². The fourth-order valence-electron chi connectivity index (χ4n) is 2.38. The van der Waals surface area contributed by atoms with Gasteiger partial charge >= 0.3 is 0 Å². The smallest absolute Gasteiger partial charge is 0.290 e. The molecular formula is C16H18N2O3. The molecule has 5 nitrogen and oxygen atoms in total. The molecule has 0 saturated carbocycles. The number of hydrogen-bond acceptors (Lipinski definition) is 4. The maximum Gasteiger partial charge on any atom is 0.290 e. The predicted octanol–water partition coefficient (Wildman–Crippen LogP) is 2.51. The van der Waals surface area contributed by atoms with E-state index in [-0.39, 0.29) is 11.9 Å². The van der Waals surface area contributed by atoms with Gasteiger partial charge in [0.25, 0.3) is 11.9 Å². The standard InChI is InChI=1S/C16H18N2O3/c1-12-11-17-9-10-18(12)16(19)14-7-8-15(21-14)20-13-5-3-2-4-6-13/h2-8,12,17H,9-11H2,1H3/t12-/m1/s1. The topological polar surface area (TPSA) is 54.7 Å². The Balaban J connectivity index is 1.71. The zero-order valence-electron chi connectivity index (χ0n) is 11.9. The summed E-state index contributed by atoms with van der Waals surface area (Å²) in [5.41, 5.74) is 0. The van der Waals surface area contributed by atoms with Gasteiger partial charge < -0.3 is 19.4 Å². The molecule has 1 fully saturated rings. The van der Waals surface area contributed by atoms with Crippen molar-refractivity contribution in [2.24, 2.45) is 0 Å². The summed E-state index contributed by atoms with van der Waals surface area (Å²) in [7, 11) is 0. The van der Waals surface area contributed by atoms with Gasteiger partial charge in [-0.15, -0.1) is 0 Å². The number of ether oxygens (including phenoxy) is 1. The number of rotatable bonds is 3. The molecule has 1 aromatic heterocycles. The third-order valence-electron chi connectivity index (χ3n) is 3.52. The van der Waals surface area contributed by atoms with Gasteiger partial charge in [0.05, 0.1) is 0 Å². The minimum Gasteiger partial charge on any atom is -0.426 e. The lowest BCUT2D eigenvalue weighted by Gasteiger charge is -2.33. The van der Waals surface area contributed by atoms with Crippen LogP contribution in [-0.2, 0) is 0 Å². The van der Waals surface area contributed by atoms with Crippen LogP contribution in [0.5, 0.6) is 11.7 Å². The maximum absolute atomic E-state index is 12.4. The van der Waals surface area contributed by atoms with E-state index in [9.17, 15) is 4.79 Å². The Labute approximate surface area is 123 Å². The third kappa shape index (κ3) is 3.08. The Morgan fingerprint density at radius 2 is 2.10 bits per heavy atom. The van der Waals surface area contributed by atoms with Crippen molar-refractivity contribution >= 4 is 5.91 Å². The molecule has 0 spiro atoms. The molecular weight excluding hydrogens is 268 g/mol. The molecule has 1 aliphatic heterocycles. The van der Waals surface area contributed by atoms with Gasteiger partial charge in [-0.3, -0.25) is 4.79 Å². The first-order valence-electron chi connectivity index (χ1n) is 7.08. The summed E-state index contributed by atoms with van der Waals surface area (Å²) in [6, 6.07) is 12.8. The SMILES string of the molecule is C[C@@H]1CNCCN1C(=O)c1ccc(Oc2ccccc2)o1. The van der Waals surface area contributed by atoms with Gasteiger partial charge in [0.1, 0.15) is 5.75 Å². The average molecular weight is 286 g/mol. The number of amides is 1. The molecule has 0 bridgehead atoms. The molecule has 3 rings (SSSR count). The van der Waals surface area contributed by atoms with Crippen LogP contribution in [0.2, 0.25) is 0 Å². The molecule has 21 heavy (non-hydrogen) atoms. The monoisotopic (exact) mass is 286 g/mol. The largest absolute Gasteiger partial charge is 0.426 e. The van der Waals surface area contributed by atoms with Gasteiger partial charge in [-0.05, 0) is 25.1 Å². The number of furan rings is 1. The zero-order chi connectivity index (χ0) is 14.7. The highest BCUT2D eigenvalue weighted by molar-refractivity contribution is 5.92. The molecule has 1 aromatic carbocycles. The lowest BCUT2D eigenvalue weighted by Crippen LogP contribution is -2.52. The van der Waals surface area contributed by atoms with Crippen LogP contribution in [0.1, 0.15) is 17.5 Å². The summed E-state index contributed by atoms with van der Waals surface area (Å²) in [5, 5.41) is 3.26. The molecule has 2 heterocycles. The number of benzene rings is 1. The van der Waals surface area contributed by atoms with E-state index in [4.69, 9.17) is 9.15 Å². The molecule has 1 N–H and O–H groups in total. The molecule has 1 amide bonds. The molecule has 1 atom stereocenters. The highest BCUT2D eigenvalue weighted by Crippen LogP contribution is 2.24. The van der Waals surface area contributed by atoms with Crippen molar-refractivity contribution in [3.8, 4) is 11.7 Å². The van der Waals surface area contributed by atoms with Crippen LogP contribution >= 0.6 is 0 Å². The number of piperazine rings is 1. The summed E-state index contributed by atoms with van der Waals surface area (Å²) < 4.78 is 11.1. The number of carbonyl (C=O) groups is 1. The summed E-state index contributed by atoms with van der Waals surface area (Å²) in [6.07, 6.45) is 0. The molecule has 0 radical (unpaired) electrons. The highest BCUT2D eigenvalue weighted by atomic mass is 16.6. The van der Waals surface area contributed by atoms with Crippen molar-refractivity contribution in [1.29, 1.82) is 0 Å². The Morgan fingerprint density at radius 1 is 1.29 bits per heavy atom. The van der Waals surface area contributed by atoms with E-state index in [1.807, 2.05) is 42.2 Å². The van der Waals surface area contributed by atoms with E-state index in [0.717, 1.165) is 13.1 Å². The Morgan fingerprint density at radius 3 is 2.86 bits per heavy atom. The lowest BCUT2D eigenvalue weighted by molar-refractivity contribution is 0.0618. The van der Waals surface area contributed by atoms with Gasteiger partial charge in [-0.1, -0.05) is 18.2 Å². The Hall–Kier alpha value is -2.27. The second kappa shape index (κ2) is 6.01. The van der Waals surface area contributed by atoms with Crippen LogP contribution < -0.4 is 10.1 Å². The number of carbonyl (C=O) groups excluding carboxylic acids is 1. The van der Waals surface area contributed by atoms with Gasteiger partial charge in [0.15, 0.2) is 5.76 Å². The number of nitrogens with one attached hydrogen (secondary N) is 1. The van der Waals surface area contributed by atoms with Gasteiger partial charge in [-0.2, -0.15) is 0 Å². The van der Waals surface area contributed by atoms with Crippen LogP contribution in [-0.4, -0.2) is 36.5 Å². The van der Waals surface area contributed by atoms with E-state index >= 15 is 0 Å². The number of nitrogens with zero attached hydrogens (tertiary/aromatic N) is 1. The van der Waals surface area contributed by atoms with Crippen molar-refractivity contribution in [1.82, 2.24) is 10.2 Å². The molecule has 110 valence electrons. The van der Waals surface area contributed by atoms with E-state index < -0.39 is 0 Å². The van der Waals surface area contributed by atoms with Crippen molar-refractivity contribution in [2.75, 3.05) is 19.6 Å². The van der Waals surface area contributed by atoms with E-state index in [1.165, 1.54) is 0 Å². The predicted molar refractivity (Wildman–Crippen MR) is 78.6 cm³/mol. The molecule has 1 saturated heterocycles. The fraction of sp³-hybridized carbons (Fsp3) is 0.312. The third-order valence-corrected chi connectivity index (χ3v) is 3.52. The summed E-state index contributed by atoms with van der Waals surface area (Å²) >= 11 is 0. The zero-order valence-corrected chi connectivity index (χ0v) is 11.9. The maximum atomic E-state index is 12.4. The second-order valence-corrected chi connectivity index (χ2v) is 5.09. The number of para-hydroxylation sites is 1. The second-order valence-electron chi connectivity index (χ2n) is 5.09. The first-order chi connectivity index (χ1) is 10.2. The molecule has 1 aliphatic rings. The quantitative estimate of drug-likeness (QED) is 0.942. The van der Waals surface area contributed by atoms with Crippen molar-refractivity contribution in [2.45, 2.75) is 13.0 Å². The summed E-state index contributed by atoms with van der Waals surface area (Å²) in [6.45, 7) is 4.33. The summed E-state index contributed by atoms with van der Waals surface area (Å²) in [5.74, 6) is 1.23.